The second-order valence-electron chi connectivity index (χ2n) is 9.53. The summed E-state index contributed by atoms with van der Waals surface area (Å²) < 4.78 is 5.27. The monoisotopic (exact) mass is 500 g/mol. The maximum absolute atomic E-state index is 13.8. The molecular weight excluding hydrogens is 460 g/mol. The van der Waals surface area contributed by atoms with Crippen molar-refractivity contribution >= 4 is 23.8 Å². The van der Waals surface area contributed by atoms with Gasteiger partial charge in [0, 0.05) is 18.7 Å². The SMILES string of the molecule is C#Cc1ccccc1C(C(=O)NCCCCC)N(CCC)C(=O)C(CC(N)=O)NC(=O)OC(C)(C)C. The van der Waals surface area contributed by atoms with Crippen molar-refractivity contribution in [3.8, 4) is 12.3 Å². The van der Waals surface area contributed by atoms with Gasteiger partial charge in [-0.2, -0.15) is 0 Å². The summed E-state index contributed by atoms with van der Waals surface area (Å²) in [7, 11) is 0. The number of nitrogens with zero attached hydrogens (tertiary/aromatic N) is 1. The quantitative estimate of drug-likeness (QED) is 0.283. The summed E-state index contributed by atoms with van der Waals surface area (Å²) in [6.45, 7) is 9.57. The Morgan fingerprint density at radius 2 is 1.78 bits per heavy atom. The lowest BCUT2D eigenvalue weighted by Gasteiger charge is -2.34. The van der Waals surface area contributed by atoms with Crippen LogP contribution in [0.1, 0.15) is 83.9 Å². The number of carbonyl (C=O) groups excluding carboxylic acids is 4. The molecule has 0 aliphatic heterocycles. The first kappa shape index (κ1) is 30.5. The summed E-state index contributed by atoms with van der Waals surface area (Å²) in [5.74, 6) is 0.760. The Labute approximate surface area is 214 Å². The van der Waals surface area contributed by atoms with Gasteiger partial charge in [-0.05, 0) is 45.2 Å². The van der Waals surface area contributed by atoms with Gasteiger partial charge < -0.3 is 26.0 Å². The van der Waals surface area contributed by atoms with Crippen LogP contribution in [0.4, 0.5) is 4.79 Å². The molecule has 0 aliphatic rings. The molecule has 36 heavy (non-hydrogen) atoms. The van der Waals surface area contributed by atoms with Crippen molar-refractivity contribution in [2.45, 2.75) is 84.4 Å². The number of carbonyl (C=O) groups is 4. The lowest BCUT2D eigenvalue weighted by molar-refractivity contribution is -0.143. The van der Waals surface area contributed by atoms with E-state index < -0.39 is 47.9 Å². The van der Waals surface area contributed by atoms with E-state index in [2.05, 4.69) is 23.5 Å². The van der Waals surface area contributed by atoms with Gasteiger partial charge in [-0.1, -0.05) is 50.8 Å². The van der Waals surface area contributed by atoms with Gasteiger partial charge >= 0.3 is 6.09 Å². The molecule has 198 valence electrons. The third-order valence-corrected chi connectivity index (χ3v) is 5.19. The molecule has 1 rings (SSSR count). The van der Waals surface area contributed by atoms with Crippen LogP contribution in [0.5, 0.6) is 0 Å². The summed E-state index contributed by atoms with van der Waals surface area (Å²) in [5, 5.41) is 5.36. The highest BCUT2D eigenvalue weighted by molar-refractivity contribution is 5.94. The van der Waals surface area contributed by atoms with Crippen molar-refractivity contribution < 1.29 is 23.9 Å². The van der Waals surface area contributed by atoms with E-state index in [4.69, 9.17) is 16.9 Å². The van der Waals surface area contributed by atoms with E-state index in [1.54, 1.807) is 45.0 Å². The third-order valence-electron chi connectivity index (χ3n) is 5.19. The Kier molecular flexibility index (Phi) is 12.5. The van der Waals surface area contributed by atoms with E-state index >= 15 is 0 Å². The predicted octanol–water partition coefficient (Wildman–Crippen LogP) is 3.02. The Morgan fingerprint density at radius 3 is 2.33 bits per heavy atom. The summed E-state index contributed by atoms with van der Waals surface area (Å²) in [6.07, 6.45) is 7.62. The van der Waals surface area contributed by atoms with Gasteiger partial charge in [0.05, 0.1) is 6.42 Å². The number of hydrogen-bond acceptors (Lipinski definition) is 5. The van der Waals surface area contributed by atoms with Gasteiger partial charge in [0.25, 0.3) is 0 Å². The average molecular weight is 501 g/mol. The fraction of sp³-hybridized carbons (Fsp3) is 0.556. The number of alkyl carbamates (subject to hydrolysis) is 1. The average Bonchev–Trinajstić information content (AvgIpc) is 2.79. The number of unbranched alkanes of at least 4 members (excludes halogenated alkanes) is 2. The molecular formula is C27H40N4O5. The third kappa shape index (κ3) is 9.98. The maximum atomic E-state index is 13.8. The van der Waals surface area contributed by atoms with Crippen LogP contribution in [0, 0.1) is 12.3 Å². The van der Waals surface area contributed by atoms with E-state index in [9.17, 15) is 19.2 Å². The van der Waals surface area contributed by atoms with Crippen LogP contribution in [0.3, 0.4) is 0 Å². The second kappa shape index (κ2) is 14.8. The largest absolute Gasteiger partial charge is 0.444 e. The molecule has 9 nitrogen and oxygen atoms in total. The molecule has 4 N–H and O–H groups in total. The first-order valence-corrected chi connectivity index (χ1v) is 12.4. The number of primary amides is 1. The molecule has 0 heterocycles. The van der Waals surface area contributed by atoms with Crippen molar-refractivity contribution in [3.63, 3.8) is 0 Å². The molecule has 0 radical (unpaired) electrons. The summed E-state index contributed by atoms with van der Waals surface area (Å²) >= 11 is 0. The molecule has 0 aromatic heterocycles. The van der Waals surface area contributed by atoms with Crippen molar-refractivity contribution in [1.82, 2.24) is 15.5 Å². The molecule has 2 atom stereocenters. The highest BCUT2D eigenvalue weighted by Gasteiger charge is 2.37. The predicted molar refractivity (Wildman–Crippen MR) is 139 cm³/mol. The lowest BCUT2D eigenvalue weighted by Crippen LogP contribution is -2.54. The van der Waals surface area contributed by atoms with Gasteiger partial charge in [-0.15, -0.1) is 6.42 Å². The van der Waals surface area contributed by atoms with Crippen LogP contribution in [0.25, 0.3) is 0 Å². The topological polar surface area (TPSA) is 131 Å². The smallest absolute Gasteiger partial charge is 0.408 e. The molecule has 0 saturated heterocycles. The van der Waals surface area contributed by atoms with E-state index in [1.807, 2.05) is 6.92 Å². The molecule has 9 heteroatoms. The zero-order valence-corrected chi connectivity index (χ0v) is 22.1. The lowest BCUT2D eigenvalue weighted by atomic mass is 9.97. The normalized spacial score (nSPS) is 12.6. The van der Waals surface area contributed by atoms with Crippen molar-refractivity contribution in [3.05, 3.63) is 35.4 Å². The van der Waals surface area contributed by atoms with Gasteiger partial charge in [-0.25, -0.2) is 4.79 Å². The molecule has 4 amide bonds. The molecule has 1 aromatic rings. The molecule has 0 saturated carbocycles. The van der Waals surface area contributed by atoms with Crippen LogP contribution in [-0.4, -0.2) is 53.4 Å². The molecule has 0 aliphatic carbocycles. The fourth-order valence-corrected chi connectivity index (χ4v) is 3.66. The zero-order valence-electron chi connectivity index (χ0n) is 22.1. The van der Waals surface area contributed by atoms with Crippen LogP contribution < -0.4 is 16.4 Å². The Bertz CT molecular complexity index is 948. The number of rotatable bonds is 13. The second-order valence-corrected chi connectivity index (χ2v) is 9.53. The van der Waals surface area contributed by atoms with Gasteiger partial charge in [-0.3, -0.25) is 14.4 Å². The number of nitrogens with one attached hydrogen (secondary N) is 2. The van der Waals surface area contributed by atoms with E-state index in [-0.39, 0.29) is 6.54 Å². The highest BCUT2D eigenvalue weighted by atomic mass is 16.6. The molecule has 0 spiro atoms. The van der Waals surface area contributed by atoms with Crippen molar-refractivity contribution in [2.24, 2.45) is 5.73 Å². The number of ether oxygens (including phenoxy) is 1. The fourth-order valence-electron chi connectivity index (χ4n) is 3.66. The van der Waals surface area contributed by atoms with E-state index in [0.717, 1.165) is 19.3 Å². The van der Waals surface area contributed by atoms with E-state index in [1.165, 1.54) is 4.90 Å². The van der Waals surface area contributed by atoms with Crippen LogP contribution in [0.2, 0.25) is 0 Å². The molecule has 2 unspecified atom stereocenters. The number of terminal acetylenes is 1. The molecule has 0 fully saturated rings. The number of benzene rings is 1. The van der Waals surface area contributed by atoms with Gasteiger partial charge in [0.15, 0.2) is 0 Å². The Balaban J connectivity index is 3.45. The van der Waals surface area contributed by atoms with Crippen LogP contribution in [0.15, 0.2) is 24.3 Å². The van der Waals surface area contributed by atoms with Crippen molar-refractivity contribution in [2.75, 3.05) is 13.1 Å². The minimum atomic E-state index is -1.32. The minimum absolute atomic E-state index is 0.177. The highest BCUT2D eigenvalue weighted by Crippen LogP contribution is 2.26. The number of amides is 4. The first-order chi connectivity index (χ1) is 16.9. The van der Waals surface area contributed by atoms with Gasteiger partial charge in [0.2, 0.25) is 17.7 Å². The molecule has 1 aromatic carbocycles. The summed E-state index contributed by atoms with van der Waals surface area (Å²) in [5.41, 5.74) is 5.51. The minimum Gasteiger partial charge on any atom is -0.444 e. The van der Waals surface area contributed by atoms with Crippen LogP contribution >= 0.6 is 0 Å². The number of nitrogens with two attached hydrogens (primary N) is 1. The molecule has 0 bridgehead atoms. The van der Waals surface area contributed by atoms with Crippen molar-refractivity contribution in [1.29, 1.82) is 0 Å². The standard InChI is InChI=1S/C27H40N4O5/c1-7-10-13-16-29-24(33)23(20-15-12-11-14-19(20)9-3)31(17-8-2)25(34)21(18-22(28)32)30-26(35)36-27(4,5)6/h3,11-12,14-15,21,23H,7-8,10,13,16-18H2,1-2,4-6H3,(H2,28,32)(H,29,33)(H,30,35). The van der Waals surface area contributed by atoms with Gasteiger partial charge in [0.1, 0.15) is 17.7 Å². The maximum Gasteiger partial charge on any atom is 0.408 e. The summed E-state index contributed by atoms with van der Waals surface area (Å²) in [4.78, 5) is 52.8. The zero-order chi connectivity index (χ0) is 27.3. The Morgan fingerprint density at radius 1 is 1.11 bits per heavy atom. The summed E-state index contributed by atoms with van der Waals surface area (Å²) in [6, 6.07) is 4.50. The first-order valence-electron chi connectivity index (χ1n) is 12.4. The van der Waals surface area contributed by atoms with Crippen LogP contribution in [-0.2, 0) is 19.1 Å². The van der Waals surface area contributed by atoms with E-state index in [0.29, 0.717) is 24.1 Å². The Hall–Kier alpha value is -3.54. The number of hydrogen-bond donors (Lipinski definition) is 3.